The first-order chi connectivity index (χ1) is 12.8. The van der Waals surface area contributed by atoms with Crippen LogP contribution in [0, 0.1) is 0 Å². The number of fused-ring (bicyclic) bond motifs is 3. The third kappa shape index (κ3) is 2.99. The predicted octanol–water partition coefficient (Wildman–Crippen LogP) is 2.91. The highest BCUT2D eigenvalue weighted by Crippen LogP contribution is 2.55. The van der Waals surface area contributed by atoms with E-state index >= 15 is 0 Å². The van der Waals surface area contributed by atoms with Crippen LogP contribution in [0.3, 0.4) is 0 Å². The van der Waals surface area contributed by atoms with Crippen molar-refractivity contribution in [1.82, 2.24) is 4.90 Å². The van der Waals surface area contributed by atoms with E-state index in [2.05, 4.69) is 0 Å². The van der Waals surface area contributed by atoms with Crippen LogP contribution in [0.15, 0.2) is 42.5 Å². The summed E-state index contributed by atoms with van der Waals surface area (Å²) in [6.45, 7) is 2.23. The van der Waals surface area contributed by atoms with Crippen molar-refractivity contribution in [2.75, 3.05) is 26.2 Å². The number of hydrogen-bond acceptors (Lipinski definition) is 4. The number of likely N-dealkylation sites (tertiary alicyclic amines) is 1. The van der Waals surface area contributed by atoms with Gasteiger partial charge in [-0.25, -0.2) is 0 Å². The Balaban J connectivity index is 1.59. The molecule has 27 heavy (non-hydrogen) atoms. The molecule has 0 spiro atoms. The van der Waals surface area contributed by atoms with Crippen LogP contribution < -0.4 is 4.74 Å². The van der Waals surface area contributed by atoms with Gasteiger partial charge in [0, 0.05) is 30.8 Å². The third-order valence-electron chi connectivity index (χ3n) is 5.32. The zero-order chi connectivity index (χ0) is 19.2. The molecule has 0 saturated carbocycles. The fraction of sp³-hybridized carbons (Fsp3) is 0.400. The summed E-state index contributed by atoms with van der Waals surface area (Å²) in [6, 6.07) is 10.5. The smallest absolute Gasteiger partial charge is 0.425 e. The van der Waals surface area contributed by atoms with Crippen molar-refractivity contribution in [1.29, 1.82) is 0 Å². The first-order valence-corrected chi connectivity index (χ1v) is 8.87. The second-order valence-corrected chi connectivity index (χ2v) is 7.05. The summed E-state index contributed by atoms with van der Waals surface area (Å²) < 4.78 is 47.0. The molecule has 7 heteroatoms. The molecular weight excluding hydrogens is 359 g/mol. The standard InChI is InChI=1S/C20H20F3NO3/c21-20(22,23)19(26)17-4-2-1-3-15(17)16-6-5-14(11-18(16)19)27-10-9-24-8-7-13(25)12-24/h1-6,11,13,25-26H,7-10,12H2/t13-,19?/m1/s1. The van der Waals surface area contributed by atoms with Crippen molar-refractivity contribution in [2.45, 2.75) is 24.3 Å². The van der Waals surface area contributed by atoms with E-state index in [0.29, 0.717) is 30.8 Å². The van der Waals surface area contributed by atoms with Crippen LogP contribution >= 0.6 is 0 Å². The topological polar surface area (TPSA) is 52.9 Å². The molecule has 1 aliphatic heterocycles. The largest absolute Gasteiger partial charge is 0.492 e. The zero-order valence-corrected chi connectivity index (χ0v) is 14.5. The van der Waals surface area contributed by atoms with Gasteiger partial charge in [-0.1, -0.05) is 30.3 Å². The van der Waals surface area contributed by atoms with E-state index in [4.69, 9.17) is 4.74 Å². The number of alkyl halides is 3. The van der Waals surface area contributed by atoms with Crippen molar-refractivity contribution in [3.8, 4) is 16.9 Å². The van der Waals surface area contributed by atoms with Crippen molar-refractivity contribution in [3.05, 3.63) is 53.6 Å². The summed E-state index contributed by atoms with van der Waals surface area (Å²) in [4.78, 5) is 2.04. The first kappa shape index (κ1) is 18.3. The lowest BCUT2D eigenvalue weighted by atomic mass is 9.91. The molecule has 0 radical (unpaired) electrons. The lowest BCUT2D eigenvalue weighted by Crippen LogP contribution is -2.41. The second-order valence-electron chi connectivity index (χ2n) is 7.05. The van der Waals surface area contributed by atoms with Gasteiger partial charge in [0.05, 0.1) is 6.10 Å². The van der Waals surface area contributed by atoms with Crippen LogP contribution in [0.25, 0.3) is 11.1 Å². The van der Waals surface area contributed by atoms with E-state index in [1.165, 1.54) is 18.2 Å². The van der Waals surface area contributed by atoms with Crippen LogP contribution in [0.2, 0.25) is 0 Å². The Bertz CT molecular complexity index is 855. The zero-order valence-electron chi connectivity index (χ0n) is 14.5. The van der Waals surface area contributed by atoms with Gasteiger partial charge in [-0.2, -0.15) is 13.2 Å². The molecule has 1 saturated heterocycles. The van der Waals surface area contributed by atoms with Gasteiger partial charge in [0.25, 0.3) is 0 Å². The molecule has 2 atom stereocenters. The van der Waals surface area contributed by atoms with Gasteiger partial charge in [0.2, 0.25) is 5.60 Å². The molecule has 4 nitrogen and oxygen atoms in total. The van der Waals surface area contributed by atoms with Gasteiger partial charge in [0.15, 0.2) is 0 Å². The molecular formula is C20H20F3NO3. The van der Waals surface area contributed by atoms with Gasteiger partial charge in [-0.3, -0.25) is 4.90 Å². The minimum atomic E-state index is -4.85. The first-order valence-electron chi connectivity index (χ1n) is 8.87. The van der Waals surface area contributed by atoms with Gasteiger partial charge >= 0.3 is 6.18 Å². The average Bonchev–Trinajstić information content (AvgIpc) is 3.15. The Kier molecular flexibility index (Phi) is 4.41. The normalized spacial score (nSPS) is 24.7. The Morgan fingerprint density at radius 1 is 1.11 bits per heavy atom. The Morgan fingerprint density at radius 3 is 2.56 bits per heavy atom. The highest BCUT2D eigenvalue weighted by molar-refractivity contribution is 5.81. The molecule has 0 bridgehead atoms. The quantitative estimate of drug-likeness (QED) is 0.858. The highest BCUT2D eigenvalue weighted by atomic mass is 19.4. The maximum absolute atomic E-state index is 13.8. The summed E-state index contributed by atoms with van der Waals surface area (Å²) in [7, 11) is 0. The lowest BCUT2D eigenvalue weighted by molar-refractivity contribution is -0.246. The number of ether oxygens (including phenoxy) is 1. The monoisotopic (exact) mass is 379 g/mol. The molecule has 4 rings (SSSR count). The van der Waals surface area contributed by atoms with Crippen LogP contribution in [0.1, 0.15) is 17.5 Å². The SMILES string of the molecule is O[C@@H]1CCN(CCOc2ccc3c(c2)C(O)(C(F)(F)F)c2ccccc2-3)C1. The van der Waals surface area contributed by atoms with Gasteiger partial charge in [-0.15, -0.1) is 0 Å². The summed E-state index contributed by atoms with van der Waals surface area (Å²) in [5.41, 5.74) is -2.66. The molecule has 0 amide bonds. The number of benzene rings is 2. The molecule has 0 aromatic heterocycles. The van der Waals surface area contributed by atoms with Gasteiger partial charge in [0.1, 0.15) is 12.4 Å². The number of halogens is 3. The van der Waals surface area contributed by atoms with Crippen molar-refractivity contribution in [3.63, 3.8) is 0 Å². The molecule has 1 heterocycles. The minimum Gasteiger partial charge on any atom is -0.492 e. The van der Waals surface area contributed by atoms with Crippen molar-refractivity contribution >= 4 is 0 Å². The molecule has 1 unspecified atom stereocenters. The molecule has 2 aliphatic rings. The fourth-order valence-electron chi connectivity index (χ4n) is 3.94. The molecule has 1 aliphatic carbocycles. The molecule has 2 N–H and O–H groups in total. The van der Waals surface area contributed by atoms with E-state index < -0.39 is 11.8 Å². The maximum Gasteiger partial charge on any atom is 0.425 e. The number of rotatable bonds is 4. The highest BCUT2D eigenvalue weighted by Gasteiger charge is 2.60. The molecule has 2 aromatic carbocycles. The number of aliphatic hydroxyl groups excluding tert-OH is 1. The van der Waals surface area contributed by atoms with Crippen LogP contribution in [-0.2, 0) is 5.60 Å². The third-order valence-corrected chi connectivity index (χ3v) is 5.32. The van der Waals surface area contributed by atoms with Crippen molar-refractivity contribution < 1.29 is 28.1 Å². The number of β-amino-alcohol motifs (C(OH)–C–C–N with tert-alkyl or cyclic N) is 1. The maximum atomic E-state index is 13.8. The minimum absolute atomic E-state index is 0.157. The second kappa shape index (κ2) is 6.51. The van der Waals surface area contributed by atoms with E-state index in [-0.39, 0.29) is 23.0 Å². The Hall–Kier alpha value is -2.09. The van der Waals surface area contributed by atoms with Crippen LogP contribution in [-0.4, -0.2) is 53.6 Å². The molecule has 144 valence electrons. The predicted molar refractivity (Wildman–Crippen MR) is 93.5 cm³/mol. The Morgan fingerprint density at radius 2 is 1.85 bits per heavy atom. The van der Waals surface area contributed by atoms with Crippen LogP contribution in [0.4, 0.5) is 13.2 Å². The molecule has 1 fully saturated rings. The number of hydrogen-bond donors (Lipinski definition) is 2. The number of aliphatic hydroxyl groups is 2. The van der Waals surface area contributed by atoms with Gasteiger partial charge in [-0.05, 0) is 29.7 Å². The average molecular weight is 379 g/mol. The lowest BCUT2D eigenvalue weighted by Gasteiger charge is -2.28. The molecule has 2 aromatic rings. The van der Waals surface area contributed by atoms with Crippen LogP contribution in [0.5, 0.6) is 5.75 Å². The fourth-order valence-corrected chi connectivity index (χ4v) is 3.94. The summed E-state index contributed by atoms with van der Waals surface area (Å²) >= 11 is 0. The van der Waals surface area contributed by atoms with Gasteiger partial charge < -0.3 is 14.9 Å². The number of nitrogens with zero attached hydrogens (tertiary/aromatic N) is 1. The summed E-state index contributed by atoms with van der Waals surface area (Å²) in [5.74, 6) is 0.281. The van der Waals surface area contributed by atoms with E-state index in [0.717, 1.165) is 13.0 Å². The van der Waals surface area contributed by atoms with E-state index in [1.807, 2.05) is 4.90 Å². The summed E-state index contributed by atoms with van der Waals surface area (Å²) in [5, 5.41) is 20.2. The van der Waals surface area contributed by atoms with E-state index in [9.17, 15) is 23.4 Å². The Labute approximate surface area is 154 Å². The van der Waals surface area contributed by atoms with E-state index in [1.54, 1.807) is 24.3 Å². The van der Waals surface area contributed by atoms with Crippen molar-refractivity contribution in [2.24, 2.45) is 0 Å². The summed E-state index contributed by atoms with van der Waals surface area (Å²) in [6.07, 6.45) is -4.46.